The smallest absolute Gasteiger partial charge is 0.254 e. The number of nitrogens with zero attached hydrogens (tertiary/aromatic N) is 2. The van der Waals surface area contributed by atoms with E-state index >= 15 is 0 Å². The first-order valence-electron chi connectivity index (χ1n) is 12.0. The molecule has 1 N–H and O–H groups in total. The minimum absolute atomic E-state index is 0.00742. The fourth-order valence-electron chi connectivity index (χ4n) is 4.93. The molecule has 33 heavy (non-hydrogen) atoms. The maximum Gasteiger partial charge on any atom is 0.254 e. The third-order valence-corrected chi connectivity index (χ3v) is 6.93. The van der Waals surface area contributed by atoms with Gasteiger partial charge >= 0.3 is 0 Å². The summed E-state index contributed by atoms with van der Waals surface area (Å²) in [6, 6.07) is 16.1. The number of hydrogen-bond acceptors (Lipinski definition) is 3. The van der Waals surface area contributed by atoms with E-state index in [1.54, 1.807) is 12.1 Å². The Morgan fingerprint density at radius 3 is 2.12 bits per heavy atom. The van der Waals surface area contributed by atoms with Crippen LogP contribution in [0, 0.1) is 12.8 Å². The van der Waals surface area contributed by atoms with E-state index in [0.717, 1.165) is 43.5 Å². The number of nitrogens with one attached hydrogen (secondary N) is 1. The molecule has 0 aromatic heterocycles. The molecule has 1 atom stereocenters. The molecule has 2 aliphatic rings. The second-order valence-corrected chi connectivity index (χ2v) is 9.15. The molecular formula is C27H33N3O3. The number of rotatable bonds is 5. The van der Waals surface area contributed by atoms with Crippen molar-refractivity contribution in [3.63, 3.8) is 0 Å². The largest absolute Gasteiger partial charge is 0.341 e. The summed E-state index contributed by atoms with van der Waals surface area (Å²) in [6.07, 6.45) is 4.54. The lowest BCUT2D eigenvalue weighted by Gasteiger charge is -2.38. The lowest BCUT2D eigenvalue weighted by molar-refractivity contribution is -0.136. The molecule has 6 nitrogen and oxygen atoms in total. The van der Waals surface area contributed by atoms with Gasteiger partial charge in [0.1, 0.15) is 6.04 Å². The van der Waals surface area contributed by atoms with E-state index in [2.05, 4.69) is 5.32 Å². The fourth-order valence-corrected chi connectivity index (χ4v) is 4.93. The molecule has 0 unspecified atom stereocenters. The summed E-state index contributed by atoms with van der Waals surface area (Å²) < 4.78 is 0. The van der Waals surface area contributed by atoms with Crippen molar-refractivity contribution >= 4 is 17.7 Å². The molecule has 2 aromatic carbocycles. The second kappa shape index (κ2) is 10.6. The summed E-state index contributed by atoms with van der Waals surface area (Å²) in [4.78, 5) is 43.2. The Morgan fingerprint density at radius 2 is 1.45 bits per heavy atom. The number of carbonyl (C=O) groups is 3. The van der Waals surface area contributed by atoms with Gasteiger partial charge in [-0.15, -0.1) is 0 Å². The van der Waals surface area contributed by atoms with Crippen LogP contribution in [-0.4, -0.2) is 59.7 Å². The molecule has 6 heteroatoms. The Balaban J connectivity index is 1.46. The molecule has 2 fully saturated rings. The fraction of sp³-hybridized carbons (Fsp3) is 0.444. The van der Waals surface area contributed by atoms with Crippen molar-refractivity contribution in [1.82, 2.24) is 15.1 Å². The van der Waals surface area contributed by atoms with Crippen molar-refractivity contribution in [3.05, 3.63) is 71.3 Å². The van der Waals surface area contributed by atoms with E-state index < -0.39 is 6.04 Å². The number of amides is 3. The molecule has 3 amide bonds. The van der Waals surface area contributed by atoms with Crippen molar-refractivity contribution in [2.45, 2.75) is 45.1 Å². The lowest BCUT2D eigenvalue weighted by atomic mass is 9.87. The van der Waals surface area contributed by atoms with Gasteiger partial charge in [-0.2, -0.15) is 0 Å². The van der Waals surface area contributed by atoms with Crippen molar-refractivity contribution in [3.8, 4) is 0 Å². The van der Waals surface area contributed by atoms with Crippen LogP contribution in [0.1, 0.15) is 58.4 Å². The van der Waals surface area contributed by atoms with Crippen molar-refractivity contribution in [1.29, 1.82) is 0 Å². The molecule has 2 heterocycles. The zero-order chi connectivity index (χ0) is 23.2. The van der Waals surface area contributed by atoms with Crippen LogP contribution in [0.25, 0.3) is 0 Å². The van der Waals surface area contributed by atoms with Gasteiger partial charge in [-0.25, -0.2) is 0 Å². The molecule has 4 rings (SSSR count). The predicted molar refractivity (Wildman–Crippen MR) is 128 cm³/mol. The van der Waals surface area contributed by atoms with E-state index in [4.69, 9.17) is 0 Å². The summed E-state index contributed by atoms with van der Waals surface area (Å²) >= 11 is 0. The summed E-state index contributed by atoms with van der Waals surface area (Å²) in [5, 5.41) is 3.05. The van der Waals surface area contributed by atoms with Crippen LogP contribution in [0.5, 0.6) is 0 Å². The molecule has 2 saturated heterocycles. The van der Waals surface area contributed by atoms with Crippen molar-refractivity contribution in [2.75, 3.05) is 26.2 Å². The number of aryl methyl sites for hydroxylation is 1. The van der Waals surface area contributed by atoms with Crippen molar-refractivity contribution in [2.24, 2.45) is 5.92 Å². The monoisotopic (exact) mass is 447 g/mol. The van der Waals surface area contributed by atoms with Gasteiger partial charge in [0.25, 0.3) is 11.8 Å². The highest BCUT2D eigenvalue weighted by molar-refractivity contribution is 5.98. The number of benzene rings is 2. The number of piperidine rings is 2. The van der Waals surface area contributed by atoms with E-state index in [9.17, 15) is 14.4 Å². The van der Waals surface area contributed by atoms with Gasteiger partial charge in [-0.3, -0.25) is 14.4 Å². The Hall–Kier alpha value is -3.15. The van der Waals surface area contributed by atoms with Crippen LogP contribution in [0.2, 0.25) is 0 Å². The second-order valence-electron chi connectivity index (χ2n) is 9.15. The van der Waals surface area contributed by atoms with Gasteiger partial charge in [-0.1, -0.05) is 36.4 Å². The quantitative estimate of drug-likeness (QED) is 0.761. The Kier molecular flexibility index (Phi) is 7.43. The molecule has 0 bridgehead atoms. The first-order chi connectivity index (χ1) is 16.0. The summed E-state index contributed by atoms with van der Waals surface area (Å²) in [5.74, 6) is -0.154. The lowest BCUT2D eigenvalue weighted by Crippen LogP contribution is -2.55. The average molecular weight is 448 g/mol. The maximum absolute atomic E-state index is 13.5. The van der Waals surface area contributed by atoms with Gasteiger partial charge in [0.05, 0.1) is 0 Å². The van der Waals surface area contributed by atoms with Crippen LogP contribution in [0.3, 0.4) is 0 Å². The Bertz CT molecular complexity index is 977. The standard InChI is InChI=1S/C27H33N3O3/c1-20-10-6-7-13-23(20)26(32)30-18-14-21(15-19-30)24(27(33)29-16-8-3-9-17-29)28-25(31)22-11-4-2-5-12-22/h2,4-7,10-13,21,24H,3,8-9,14-19H2,1H3,(H,28,31)/t24-/m0/s1. The van der Waals surface area contributed by atoms with Crippen LogP contribution in [0.4, 0.5) is 0 Å². The molecule has 0 spiro atoms. The molecule has 0 radical (unpaired) electrons. The van der Waals surface area contributed by atoms with E-state index in [1.165, 1.54) is 0 Å². The minimum Gasteiger partial charge on any atom is -0.341 e. The van der Waals surface area contributed by atoms with E-state index in [-0.39, 0.29) is 23.6 Å². The molecular weight excluding hydrogens is 414 g/mol. The van der Waals surface area contributed by atoms with Crippen LogP contribution in [-0.2, 0) is 4.79 Å². The van der Waals surface area contributed by atoms with E-state index in [0.29, 0.717) is 31.5 Å². The molecule has 2 aliphatic heterocycles. The molecule has 2 aromatic rings. The highest BCUT2D eigenvalue weighted by Gasteiger charge is 2.36. The zero-order valence-corrected chi connectivity index (χ0v) is 19.3. The van der Waals surface area contributed by atoms with Gasteiger partial charge in [0.2, 0.25) is 5.91 Å². The van der Waals surface area contributed by atoms with Crippen molar-refractivity contribution < 1.29 is 14.4 Å². The minimum atomic E-state index is -0.563. The van der Waals surface area contributed by atoms with Crippen LogP contribution >= 0.6 is 0 Å². The first-order valence-corrected chi connectivity index (χ1v) is 12.0. The summed E-state index contributed by atoms with van der Waals surface area (Å²) in [7, 11) is 0. The van der Waals surface area contributed by atoms with Gasteiger partial charge < -0.3 is 15.1 Å². The molecule has 174 valence electrons. The Labute approximate surface area is 196 Å². The summed E-state index contributed by atoms with van der Waals surface area (Å²) in [5.41, 5.74) is 2.26. The van der Waals surface area contributed by atoms with Gasteiger partial charge in [-0.05, 0) is 68.7 Å². The Morgan fingerprint density at radius 1 is 0.818 bits per heavy atom. The van der Waals surface area contributed by atoms with E-state index in [1.807, 2.05) is 59.2 Å². The van der Waals surface area contributed by atoms with Gasteiger partial charge in [0.15, 0.2) is 0 Å². The molecule has 0 saturated carbocycles. The number of hydrogen-bond donors (Lipinski definition) is 1. The normalized spacial score (nSPS) is 18.0. The zero-order valence-electron chi connectivity index (χ0n) is 19.3. The third-order valence-electron chi connectivity index (χ3n) is 6.93. The topological polar surface area (TPSA) is 69.7 Å². The number of carbonyl (C=O) groups excluding carboxylic acids is 3. The highest BCUT2D eigenvalue weighted by Crippen LogP contribution is 2.25. The number of likely N-dealkylation sites (tertiary alicyclic amines) is 2. The van der Waals surface area contributed by atoms with Gasteiger partial charge in [0, 0.05) is 37.3 Å². The average Bonchev–Trinajstić information content (AvgIpc) is 2.88. The maximum atomic E-state index is 13.5. The summed E-state index contributed by atoms with van der Waals surface area (Å²) in [6.45, 7) is 4.63. The SMILES string of the molecule is Cc1ccccc1C(=O)N1CCC([C@H](NC(=O)c2ccccc2)C(=O)N2CCCCC2)CC1. The predicted octanol–water partition coefficient (Wildman–Crippen LogP) is 3.66. The third kappa shape index (κ3) is 5.44. The molecule has 0 aliphatic carbocycles. The van der Waals surface area contributed by atoms with Crippen LogP contribution in [0.15, 0.2) is 54.6 Å². The van der Waals surface area contributed by atoms with Crippen LogP contribution < -0.4 is 5.32 Å². The first kappa shape index (κ1) is 23.0. The highest BCUT2D eigenvalue weighted by atomic mass is 16.2.